The Kier molecular flexibility index (Phi) is 8.89. The van der Waals surface area contributed by atoms with E-state index in [9.17, 15) is 26.4 Å². The highest BCUT2D eigenvalue weighted by Crippen LogP contribution is 2.36. The van der Waals surface area contributed by atoms with Crippen molar-refractivity contribution in [2.45, 2.75) is 68.2 Å². The first-order valence-electron chi connectivity index (χ1n) is 14.1. The Morgan fingerprint density at radius 1 is 1.00 bits per heavy atom. The molecule has 1 aliphatic carbocycles. The molecule has 224 valence electrons. The van der Waals surface area contributed by atoms with Crippen molar-refractivity contribution in [3.63, 3.8) is 0 Å². The highest BCUT2D eigenvalue weighted by Gasteiger charge is 2.34. The number of nitrogens with one attached hydrogen (secondary N) is 1. The van der Waals surface area contributed by atoms with Crippen molar-refractivity contribution in [1.82, 2.24) is 4.98 Å². The van der Waals surface area contributed by atoms with Crippen molar-refractivity contribution in [3.8, 4) is 0 Å². The molecule has 1 saturated heterocycles. The van der Waals surface area contributed by atoms with Crippen LogP contribution in [0.1, 0.15) is 55.2 Å². The highest BCUT2D eigenvalue weighted by atomic mass is 32.2. The molecule has 1 unspecified atom stereocenters. The zero-order chi connectivity index (χ0) is 29.9. The maximum Gasteiger partial charge on any atom is 0.416 e. The molecule has 1 saturated carbocycles. The normalized spacial score (nSPS) is 19.5. The van der Waals surface area contributed by atoms with Gasteiger partial charge >= 0.3 is 6.18 Å². The molecule has 2 aliphatic rings. The topological polar surface area (TPSA) is 88.6 Å². The van der Waals surface area contributed by atoms with Crippen LogP contribution in [0, 0.1) is 0 Å². The van der Waals surface area contributed by atoms with Crippen LogP contribution in [0.25, 0.3) is 0 Å². The van der Waals surface area contributed by atoms with E-state index in [2.05, 4.69) is 15.2 Å². The van der Waals surface area contributed by atoms with Gasteiger partial charge in [0.2, 0.25) is 5.91 Å². The summed E-state index contributed by atoms with van der Waals surface area (Å²) in [7, 11) is -3.30. The summed E-state index contributed by atoms with van der Waals surface area (Å²) < 4.78 is 69.2. The fourth-order valence-electron chi connectivity index (χ4n) is 5.18. The number of halogens is 3. The van der Waals surface area contributed by atoms with E-state index in [1.54, 1.807) is 43.5 Å². The van der Waals surface area contributed by atoms with Gasteiger partial charge in [-0.05, 0) is 73.2 Å². The first-order chi connectivity index (χ1) is 20.0. The number of sulfone groups is 1. The van der Waals surface area contributed by atoms with Crippen molar-refractivity contribution in [3.05, 3.63) is 83.6 Å². The lowest BCUT2D eigenvalue weighted by atomic mass is 9.87. The molecular weight excluding hydrogens is 567 g/mol. The number of alkyl halides is 3. The zero-order valence-corrected chi connectivity index (χ0v) is 24.1. The van der Waals surface area contributed by atoms with Gasteiger partial charge in [0.1, 0.15) is 5.82 Å². The van der Waals surface area contributed by atoms with E-state index >= 15 is 0 Å². The van der Waals surface area contributed by atoms with E-state index in [4.69, 9.17) is 4.74 Å². The molecule has 2 atom stereocenters. The lowest BCUT2D eigenvalue weighted by molar-refractivity contribution is -0.137. The third-order valence-electron chi connectivity index (χ3n) is 7.82. The van der Waals surface area contributed by atoms with Crippen molar-refractivity contribution in [2.24, 2.45) is 0 Å². The van der Waals surface area contributed by atoms with Gasteiger partial charge in [-0.1, -0.05) is 31.2 Å². The second-order valence-electron chi connectivity index (χ2n) is 10.9. The number of ether oxygens (including phenoxy) is 1. The minimum Gasteiger partial charge on any atom is -0.376 e. The van der Waals surface area contributed by atoms with Crippen LogP contribution in [0.15, 0.2) is 71.8 Å². The Morgan fingerprint density at radius 3 is 2.31 bits per heavy atom. The number of amides is 1. The number of carbonyl (C=O) groups is 1. The third kappa shape index (κ3) is 7.49. The molecule has 7 nitrogen and oxygen atoms in total. The second kappa shape index (κ2) is 12.4. The average molecular weight is 602 g/mol. The van der Waals surface area contributed by atoms with Gasteiger partial charge in [-0.15, -0.1) is 0 Å². The Hall–Kier alpha value is -3.44. The smallest absolute Gasteiger partial charge is 0.376 e. The first-order valence-corrected chi connectivity index (χ1v) is 15.8. The summed E-state index contributed by atoms with van der Waals surface area (Å²) in [4.78, 5) is 19.7. The minimum atomic E-state index is -4.37. The SMILES string of the molecule is CCS(=O)(=O)c1ccc(CC(=O)Nc2ccc(N3CC(c4ccc(C(F)(F)F)cc4)CC[C@H]3COC3CC3)nc2)cc1. The predicted octanol–water partition coefficient (Wildman–Crippen LogP) is 6.01. The molecule has 2 aromatic carbocycles. The van der Waals surface area contributed by atoms with E-state index in [-0.39, 0.29) is 34.9 Å². The van der Waals surface area contributed by atoms with Gasteiger partial charge in [0.05, 0.1) is 53.3 Å². The van der Waals surface area contributed by atoms with Crippen molar-refractivity contribution >= 4 is 27.2 Å². The molecule has 2 heterocycles. The molecule has 3 aromatic rings. The number of aromatic nitrogens is 1. The summed E-state index contributed by atoms with van der Waals surface area (Å²) in [6.07, 6.45) is 1.38. The van der Waals surface area contributed by atoms with Crippen molar-refractivity contribution in [1.29, 1.82) is 0 Å². The predicted molar refractivity (Wildman–Crippen MR) is 154 cm³/mol. The Labute approximate surface area is 244 Å². The number of rotatable bonds is 10. The molecule has 0 bridgehead atoms. The van der Waals surface area contributed by atoms with Gasteiger partial charge in [0.25, 0.3) is 0 Å². The maximum absolute atomic E-state index is 13.1. The van der Waals surface area contributed by atoms with E-state index in [0.29, 0.717) is 36.3 Å². The molecular formula is C31H34F3N3O4S. The van der Waals surface area contributed by atoms with E-state index in [1.807, 2.05) is 6.07 Å². The zero-order valence-electron chi connectivity index (χ0n) is 23.3. The van der Waals surface area contributed by atoms with Gasteiger partial charge in [0, 0.05) is 12.5 Å². The molecule has 42 heavy (non-hydrogen) atoms. The number of pyridine rings is 1. The fourth-order valence-corrected chi connectivity index (χ4v) is 6.07. The van der Waals surface area contributed by atoms with Gasteiger partial charge in [-0.2, -0.15) is 13.2 Å². The summed E-state index contributed by atoms with van der Waals surface area (Å²) in [5.74, 6) is 0.509. The van der Waals surface area contributed by atoms with Crippen LogP contribution in [0.2, 0.25) is 0 Å². The standard InChI is InChI=1S/C31H34F3N3O4S/c1-2-42(39,40)28-14-3-21(4-15-28)17-30(38)36-25-10-16-29(35-18-25)37-19-23(7-11-26(37)20-41-27-12-13-27)22-5-8-24(9-6-22)31(32,33)34/h3-6,8-10,14-16,18,23,26-27H,2,7,11-13,17,19-20H2,1H3,(H,36,38)/t23?,26-/m0/s1. The van der Waals surface area contributed by atoms with E-state index in [1.165, 1.54) is 12.1 Å². The van der Waals surface area contributed by atoms with Gasteiger partial charge in [-0.3, -0.25) is 4.79 Å². The number of benzene rings is 2. The van der Waals surface area contributed by atoms with E-state index < -0.39 is 21.6 Å². The van der Waals surface area contributed by atoms with Crippen LogP contribution < -0.4 is 10.2 Å². The maximum atomic E-state index is 13.1. The molecule has 0 spiro atoms. The Balaban J connectivity index is 1.24. The molecule has 1 amide bonds. The Bertz CT molecular complexity index is 1470. The van der Waals surface area contributed by atoms with Crippen LogP contribution in [0.4, 0.5) is 24.7 Å². The lowest BCUT2D eigenvalue weighted by Crippen LogP contribution is -2.46. The van der Waals surface area contributed by atoms with Crippen LogP contribution in [-0.4, -0.2) is 50.4 Å². The number of hydrogen-bond acceptors (Lipinski definition) is 6. The van der Waals surface area contributed by atoms with Crippen LogP contribution in [0.3, 0.4) is 0 Å². The van der Waals surface area contributed by atoms with Crippen LogP contribution >= 0.6 is 0 Å². The fraction of sp³-hybridized carbons (Fsp3) is 0.419. The van der Waals surface area contributed by atoms with Crippen LogP contribution in [0.5, 0.6) is 0 Å². The molecule has 0 radical (unpaired) electrons. The molecule has 11 heteroatoms. The summed E-state index contributed by atoms with van der Waals surface area (Å²) in [5.41, 5.74) is 1.42. The van der Waals surface area contributed by atoms with Crippen molar-refractivity contribution < 1.29 is 31.1 Å². The summed E-state index contributed by atoms with van der Waals surface area (Å²) in [6.45, 7) is 2.73. The summed E-state index contributed by atoms with van der Waals surface area (Å²) in [6, 6.07) is 15.4. The van der Waals surface area contributed by atoms with Crippen LogP contribution in [-0.2, 0) is 32.0 Å². The number of nitrogens with zero attached hydrogens (tertiary/aromatic N) is 2. The quantitative estimate of drug-likeness (QED) is 0.307. The number of hydrogen-bond donors (Lipinski definition) is 1. The highest BCUT2D eigenvalue weighted by molar-refractivity contribution is 7.91. The van der Waals surface area contributed by atoms with Gasteiger partial charge in [-0.25, -0.2) is 13.4 Å². The van der Waals surface area contributed by atoms with Gasteiger partial charge in [0.15, 0.2) is 9.84 Å². The van der Waals surface area contributed by atoms with Crippen molar-refractivity contribution in [2.75, 3.05) is 29.1 Å². The van der Waals surface area contributed by atoms with Gasteiger partial charge < -0.3 is 15.0 Å². The monoisotopic (exact) mass is 601 g/mol. The largest absolute Gasteiger partial charge is 0.416 e. The first kappa shape index (κ1) is 30.0. The lowest BCUT2D eigenvalue weighted by Gasteiger charge is -2.40. The molecule has 1 N–H and O–H groups in total. The summed E-state index contributed by atoms with van der Waals surface area (Å²) >= 11 is 0. The summed E-state index contributed by atoms with van der Waals surface area (Å²) in [5, 5.41) is 2.83. The minimum absolute atomic E-state index is 0.0112. The third-order valence-corrected chi connectivity index (χ3v) is 9.57. The second-order valence-corrected chi connectivity index (χ2v) is 13.2. The number of piperidine rings is 1. The molecule has 1 aromatic heterocycles. The Morgan fingerprint density at radius 2 is 1.71 bits per heavy atom. The molecule has 1 aliphatic heterocycles. The number of carbonyl (C=O) groups excluding carboxylic acids is 1. The molecule has 5 rings (SSSR count). The van der Waals surface area contributed by atoms with E-state index in [0.717, 1.165) is 43.4 Å². The molecule has 2 fully saturated rings. The number of anilines is 2. The average Bonchev–Trinajstić information content (AvgIpc) is 3.81.